The van der Waals surface area contributed by atoms with E-state index in [1.807, 2.05) is 6.07 Å². The van der Waals surface area contributed by atoms with Crippen molar-refractivity contribution in [3.05, 3.63) is 47.9 Å². The van der Waals surface area contributed by atoms with Gasteiger partial charge in [0.2, 0.25) is 5.95 Å². The molecule has 0 bridgehead atoms. The lowest BCUT2D eigenvalue weighted by Gasteiger charge is -2.23. The van der Waals surface area contributed by atoms with Crippen LogP contribution in [0.5, 0.6) is 0 Å². The highest BCUT2D eigenvalue weighted by Gasteiger charge is 2.13. The third-order valence-electron chi connectivity index (χ3n) is 3.98. The summed E-state index contributed by atoms with van der Waals surface area (Å²) in [6.45, 7) is 0.577. The second-order valence-electron chi connectivity index (χ2n) is 5.72. The number of nitrogens with zero attached hydrogens (tertiary/aromatic N) is 2. The van der Waals surface area contributed by atoms with Crippen LogP contribution in [-0.4, -0.2) is 16.0 Å². The molecule has 1 saturated carbocycles. The summed E-state index contributed by atoms with van der Waals surface area (Å²) >= 11 is 0. The summed E-state index contributed by atoms with van der Waals surface area (Å²) in [5.74, 6) is 1.23. The van der Waals surface area contributed by atoms with E-state index in [4.69, 9.17) is 0 Å². The van der Waals surface area contributed by atoms with Crippen molar-refractivity contribution in [2.45, 2.75) is 44.7 Å². The molecule has 0 radical (unpaired) electrons. The Kier molecular flexibility index (Phi) is 4.83. The Morgan fingerprint density at radius 2 is 1.82 bits per heavy atom. The molecular weight excluding hydrogens is 279 g/mol. The molecule has 2 N–H and O–H groups in total. The van der Waals surface area contributed by atoms with Crippen LogP contribution in [0.4, 0.5) is 16.2 Å². The van der Waals surface area contributed by atoms with Crippen molar-refractivity contribution < 1.29 is 4.39 Å². The van der Waals surface area contributed by atoms with Crippen LogP contribution < -0.4 is 10.6 Å². The molecule has 1 fully saturated rings. The Bertz CT molecular complexity index is 594. The van der Waals surface area contributed by atoms with Crippen molar-refractivity contribution in [3.63, 3.8) is 0 Å². The van der Waals surface area contributed by atoms with Crippen LogP contribution in [0.2, 0.25) is 0 Å². The number of aromatic nitrogens is 2. The predicted octanol–water partition coefficient (Wildman–Crippen LogP) is 3.97. The molecule has 0 amide bonds. The van der Waals surface area contributed by atoms with Crippen molar-refractivity contribution >= 4 is 11.8 Å². The summed E-state index contributed by atoms with van der Waals surface area (Å²) in [5.41, 5.74) is 0.996. The van der Waals surface area contributed by atoms with Gasteiger partial charge >= 0.3 is 0 Å². The van der Waals surface area contributed by atoms with Gasteiger partial charge in [-0.15, -0.1) is 0 Å². The van der Waals surface area contributed by atoms with Gasteiger partial charge in [0.05, 0.1) is 0 Å². The van der Waals surface area contributed by atoms with E-state index in [1.54, 1.807) is 18.3 Å². The third kappa shape index (κ3) is 4.16. The first-order valence-electron chi connectivity index (χ1n) is 7.87. The first-order chi connectivity index (χ1) is 10.8. The van der Waals surface area contributed by atoms with Crippen molar-refractivity contribution in [3.8, 4) is 0 Å². The Morgan fingerprint density at radius 1 is 1.05 bits per heavy atom. The Morgan fingerprint density at radius 3 is 2.59 bits per heavy atom. The van der Waals surface area contributed by atoms with Gasteiger partial charge in [-0.2, -0.15) is 4.98 Å². The zero-order chi connectivity index (χ0) is 15.2. The largest absolute Gasteiger partial charge is 0.367 e. The second kappa shape index (κ2) is 7.20. The zero-order valence-electron chi connectivity index (χ0n) is 12.6. The molecule has 1 aromatic heterocycles. The lowest BCUT2D eigenvalue weighted by molar-refractivity contribution is 0.462. The average molecular weight is 300 g/mol. The van der Waals surface area contributed by atoms with E-state index in [9.17, 15) is 4.39 Å². The Hall–Kier alpha value is -2.17. The van der Waals surface area contributed by atoms with Gasteiger partial charge in [0.1, 0.15) is 11.6 Å². The number of hydrogen-bond donors (Lipinski definition) is 2. The first kappa shape index (κ1) is 14.8. The summed E-state index contributed by atoms with van der Waals surface area (Å²) < 4.78 is 12.9. The number of benzene rings is 1. The van der Waals surface area contributed by atoms with Gasteiger partial charge in [-0.1, -0.05) is 31.4 Å². The number of nitrogens with one attached hydrogen (secondary N) is 2. The van der Waals surface area contributed by atoms with E-state index in [2.05, 4.69) is 20.6 Å². The summed E-state index contributed by atoms with van der Waals surface area (Å²) in [6.07, 6.45) is 8.10. The fraction of sp³-hybridized carbons (Fsp3) is 0.412. The maximum atomic E-state index is 12.9. The minimum absolute atomic E-state index is 0.223. The van der Waals surface area contributed by atoms with Gasteiger partial charge in [-0.3, -0.25) is 0 Å². The van der Waals surface area contributed by atoms with E-state index in [0.29, 0.717) is 18.5 Å². The standard InChI is InChI=1S/C17H21FN4/c18-14-8-6-13(7-9-14)12-20-17-19-11-10-16(22-17)21-15-4-2-1-3-5-15/h6-11,15H,1-5,12H2,(H2,19,20,21,22). The topological polar surface area (TPSA) is 49.8 Å². The van der Waals surface area contributed by atoms with Gasteiger partial charge in [0, 0.05) is 18.8 Å². The summed E-state index contributed by atoms with van der Waals surface area (Å²) in [5, 5.41) is 6.66. The van der Waals surface area contributed by atoms with Crippen LogP contribution in [0.25, 0.3) is 0 Å². The maximum absolute atomic E-state index is 12.9. The normalized spacial score (nSPS) is 15.5. The van der Waals surface area contributed by atoms with Crippen LogP contribution in [0.15, 0.2) is 36.5 Å². The molecule has 1 heterocycles. The number of hydrogen-bond acceptors (Lipinski definition) is 4. The second-order valence-corrected chi connectivity index (χ2v) is 5.72. The van der Waals surface area contributed by atoms with Crippen LogP contribution in [0.3, 0.4) is 0 Å². The number of anilines is 2. The molecule has 1 aliphatic carbocycles. The molecule has 116 valence electrons. The van der Waals surface area contributed by atoms with E-state index in [-0.39, 0.29) is 5.82 Å². The average Bonchev–Trinajstić information content (AvgIpc) is 2.56. The highest BCUT2D eigenvalue weighted by atomic mass is 19.1. The summed E-state index contributed by atoms with van der Waals surface area (Å²) in [7, 11) is 0. The molecule has 22 heavy (non-hydrogen) atoms. The fourth-order valence-corrected chi connectivity index (χ4v) is 2.76. The smallest absolute Gasteiger partial charge is 0.224 e. The summed E-state index contributed by atoms with van der Waals surface area (Å²) in [4.78, 5) is 8.72. The molecule has 1 aliphatic rings. The molecule has 4 nitrogen and oxygen atoms in total. The number of halogens is 1. The van der Waals surface area contributed by atoms with Gasteiger partial charge in [0.15, 0.2) is 0 Å². The van der Waals surface area contributed by atoms with Crippen molar-refractivity contribution in [1.29, 1.82) is 0 Å². The van der Waals surface area contributed by atoms with E-state index >= 15 is 0 Å². The van der Waals surface area contributed by atoms with Gasteiger partial charge < -0.3 is 10.6 Å². The summed E-state index contributed by atoms with van der Waals surface area (Å²) in [6, 6.07) is 8.85. The first-order valence-corrected chi connectivity index (χ1v) is 7.87. The van der Waals surface area contributed by atoms with Crippen molar-refractivity contribution in [1.82, 2.24) is 9.97 Å². The van der Waals surface area contributed by atoms with Gasteiger partial charge in [0.25, 0.3) is 0 Å². The molecule has 0 aliphatic heterocycles. The highest BCUT2D eigenvalue weighted by molar-refractivity contribution is 5.40. The van der Waals surface area contributed by atoms with Crippen LogP contribution in [-0.2, 0) is 6.54 Å². The van der Waals surface area contributed by atoms with E-state index in [0.717, 1.165) is 11.4 Å². The van der Waals surface area contributed by atoms with Crippen molar-refractivity contribution in [2.24, 2.45) is 0 Å². The SMILES string of the molecule is Fc1ccc(CNc2nccc(NC3CCCCC3)n2)cc1. The lowest BCUT2D eigenvalue weighted by atomic mass is 9.95. The molecule has 0 saturated heterocycles. The molecule has 3 rings (SSSR count). The minimum Gasteiger partial charge on any atom is -0.367 e. The fourth-order valence-electron chi connectivity index (χ4n) is 2.76. The monoisotopic (exact) mass is 300 g/mol. The molecular formula is C17H21FN4. The van der Waals surface area contributed by atoms with Crippen LogP contribution in [0.1, 0.15) is 37.7 Å². The number of rotatable bonds is 5. The van der Waals surface area contributed by atoms with E-state index < -0.39 is 0 Å². The molecule has 0 unspecified atom stereocenters. The molecule has 0 spiro atoms. The lowest BCUT2D eigenvalue weighted by Crippen LogP contribution is -2.23. The van der Waals surface area contributed by atoms with Crippen LogP contribution in [0, 0.1) is 5.82 Å². The third-order valence-corrected chi connectivity index (χ3v) is 3.98. The van der Waals surface area contributed by atoms with Gasteiger partial charge in [-0.05, 0) is 36.6 Å². The quantitative estimate of drug-likeness (QED) is 0.877. The maximum Gasteiger partial charge on any atom is 0.224 e. The Balaban J connectivity index is 1.57. The molecule has 0 atom stereocenters. The van der Waals surface area contributed by atoms with Gasteiger partial charge in [-0.25, -0.2) is 9.37 Å². The predicted molar refractivity (Wildman–Crippen MR) is 86.3 cm³/mol. The van der Waals surface area contributed by atoms with E-state index in [1.165, 1.54) is 44.2 Å². The molecule has 5 heteroatoms. The minimum atomic E-state index is -0.223. The Labute approximate surface area is 130 Å². The highest BCUT2D eigenvalue weighted by Crippen LogP contribution is 2.21. The van der Waals surface area contributed by atoms with Crippen molar-refractivity contribution in [2.75, 3.05) is 10.6 Å². The molecule has 2 aromatic rings. The molecule has 1 aromatic carbocycles. The zero-order valence-corrected chi connectivity index (χ0v) is 12.6. The van der Waals surface area contributed by atoms with Crippen LogP contribution >= 0.6 is 0 Å².